The Kier molecular flexibility index (Phi) is 3.25. The molecular weight excluding hydrogens is 254 g/mol. The Morgan fingerprint density at radius 1 is 1.35 bits per heavy atom. The summed E-state index contributed by atoms with van der Waals surface area (Å²) in [6.45, 7) is 2.30. The van der Waals surface area contributed by atoms with Crippen molar-refractivity contribution in [1.29, 1.82) is 0 Å². The second-order valence-corrected chi connectivity index (χ2v) is 4.77. The van der Waals surface area contributed by atoms with E-state index in [1.54, 1.807) is 6.07 Å². The van der Waals surface area contributed by atoms with Gasteiger partial charge in [-0.1, -0.05) is 23.4 Å². The van der Waals surface area contributed by atoms with Gasteiger partial charge in [0, 0.05) is 17.3 Å². The summed E-state index contributed by atoms with van der Waals surface area (Å²) in [7, 11) is 0. The highest BCUT2D eigenvalue weighted by Gasteiger charge is 2.08. The fraction of sp³-hybridized carbons (Fsp3) is 0.200. The lowest BCUT2D eigenvalue weighted by Gasteiger charge is -2.01. The number of aromatic amines is 1. The third-order valence-corrected chi connectivity index (χ3v) is 3.07. The average molecular weight is 269 g/mol. The molecule has 5 nitrogen and oxygen atoms in total. The van der Waals surface area contributed by atoms with Gasteiger partial charge in [-0.2, -0.15) is 0 Å². The van der Waals surface area contributed by atoms with Crippen molar-refractivity contribution in [1.82, 2.24) is 15.5 Å². The Labute approximate surface area is 116 Å². The van der Waals surface area contributed by atoms with Crippen LogP contribution < -0.4 is 5.32 Å². The number of hydrogen-bond acceptors (Lipinski definition) is 3. The van der Waals surface area contributed by atoms with Crippen molar-refractivity contribution in [2.75, 3.05) is 0 Å². The maximum absolute atomic E-state index is 11.8. The molecule has 0 unspecified atom stereocenters. The number of nitrogens with zero attached hydrogens (tertiary/aromatic N) is 1. The number of para-hydroxylation sites is 1. The summed E-state index contributed by atoms with van der Waals surface area (Å²) in [6, 6.07) is 11.8. The Morgan fingerprint density at radius 2 is 2.20 bits per heavy atom. The molecule has 0 spiro atoms. The van der Waals surface area contributed by atoms with E-state index < -0.39 is 0 Å². The van der Waals surface area contributed by atoms with Gasteiger partial charge in [-0.25, -0.2) is 0 Å². The Morgan fingerprint density at radius 3 is 2.95 bits per heavy atom. The fourth-order valence-electron chi connectivity index (χ4n) is 2.14. The molecule has 0 aliphatic carbocycles. The monoisotopic (exact) mass is 269 g/mol. The molecule has 0 saturated carbocycles. The third kappa shape index (κ3) is 2.71. The van der Waals surface area contributed by atoms with Gasteiger partial charge in [-0.05, 0) is 24.4 Å². The van der Waals surface area contributed by atoms with E-state index in [-0.39, 0.29) is 12.3 Å². The van der Waals surface area contributed by atoms with Crippen LogP contribution in [0.4, 0.5) is 0 Å². The van der Waals surface area contributed by atoms with Crippen LogP contribution in [-0.2, 0) is 17.8 Å². The van der Waals surface area contributed by atoms with E-state index in [2.05, 4.69) is 15.5 Å². The lowest BCUT2D eigenvalue weighted by molar-refractivity contribution is -0.120. The molecule has 0 bridgehead atoms. The minimum absolute atomic E-state index is 0.0835. The first kappa shape index (κ1) is 12.5. The van der Waals surface area contributed by atoms with E-state index >= 15 is 0 Å². The third-order valence-electron chi connectivity index (χ3n) is 3.07. The Hall–Kier alpha value is -2.56. The van der Waals surface area contributed by atoms with Gasteiger partial charge < -0.3 is 14.8 Å². The molecule has 20 heavy (non-hydrogen) atoms. The zero-order valence-electron chi connectivity index (χ0n) is 11.1. The highest BCUT2D eigenvalue weighted by atomic mass is 16.5. The molecule has 0 aliphatic rings. The van der Waals surface area contributed by atoms with E-state index in [1.807, 2.05) is 37.3 Å². The normalized spacial score (nSPS) is 10.8. The zero-order chi connectivity index (χ0) is 13.9. The van der Waals surface area contributed by atoms with E-state index in [0.717, 1.165) is 22.3 Å². The van der Waals surface area contributed by atoms with Crippen LogP contribution >= 0.6 is 0 Å². The second kappa shape index (κ2) is 5.21. The fourth-order valence-corrected chi connectivity index (χ4v) is 2.14. The lowest BCUT2D eigenvalue weighted by atomic mass is 10.2. The number of amides is 1. The molecule has 102 valence electrons. The van der Waals surface area contributed by atoms with Gasteiger partial charge in [-0.15, -0.1) is 0 Å². The number of carbonyl (C=O) groups excluding carboxylic acids is 1. The molecule has 2 heterocycles. The summed E-state index contributed by atoms with van der Waals surface area (Å²) in [5.74, 6) is 0.497. The number of H-pyrrole nitrogens is 1. The second-order valence-electron chi connectivity index (χ2n) is 4.77. The first-order valence-corrected chi connectivity index (χ1v) is 6.46. The smallest absolute Gasteiger partial charge is 0.228 e. The summed E-state index contributed by atoms with van der Waals surface area (Å²) in [6.07, 6.45) is 0.209. The largest absolute Gasteiger partial charge is 0.361 e. The maximum Gasteiger partial charge on any atom is 0.228 e. The maximum atomic E-state index is 11.8. The van der Waals surface area contributed by atoms with Crippen LogP contribution in [0.3, 0.4) is 0 Å². The molecule has 2 aromatic heterocycles. The van der Waals surface area contributed by atoms with Crippen LogP contribution in [0, 0.1) is 6.92 Å². The molecule has 5 heteroatoms. The topological polar surface area (TPSA) is 70.9 Å². The number of aromatic nitrogens is 2. The molecule has 3 aromatic rings. The number of nitrogens with one attached hydrogen (secondary N) is 2. The summed E-state index contributed by atoms with van der Waals surface area (Å²) in [4.78, 5) is 15.1. The predicted molar refractivity (Wildman–Crippen MR) is 75.1 cm³/mol. The first-order chi connectivity index (χ1) is 9.70. The quantitative estimate of drug-likeness (QED) is 0.763. The lowest BCUT2D eigenvalue weighted by Crippen LogP contribution is -2.24. The Bertz CT molecular complexity index is 709. The summed E-state index contributed by atoms with van der Waals surface area (Å²) in [5, 5.41) is 7.76. The van der Waals surface area contributed by atoms with Gasteiger partial charge in [0.1, 0.15) is 5.76 Å². The van der Waals surface area contributed by atoms with E-state index in [0.29, 0.717) is 12.3 Å². The van der Waals surface area contributed by atoms with Gasteiger partial charge in [-0.3, -0.25) is 4.79 Å². The number of carbonyl (C=O) groups is 1. The molecule has 0 fully saturated rings. The van der Waals surface area contributed by atoms with Crippen molar-refractivity contribution >= 4 is 16.8 Å². The summed E-state index contributed by atoms with van der Waals surface area (Å²) >= 11 is 0. The van der Waals surface area contributed by atoms with Crippen molar-refractivity contribution < 1.29 is 9.32 Å². The van der Waals surface area contributed by atoms with Crippen LogP contribution in [0.25, 0.3) is 10.9 Å². The molecule has 1 aromatic carbocycles. The van der Waals surface area contributed by atoms with Crippen LogP contribution in [0.1, 0.15) is 17.1 Å². The van der Waals surface area contributed by atoms with Crippen molar-refractivity contribution in [3.8, 4) is 0 Å². The van der Waals surface area contributed by atoms with Gasteiger partial charge in [0.05, 0.1) is 18.7 Å². The zero-order valence-corrected chi connectivity index (χ0v) is 11.1. The average Bonchev–Trinajstić information content (AvgIpc) is 3.02. The number of benzene rings is 1. The minimum atomic E-state index is -0.0835. The predicted octanol–water partition coefficient (Wildman–Crippen LogP) is 2.32. The highest BCUT2D eigenvalue weighted by Crippen LogP contribution is 2.14. The van der Waals surface area contributed by atoms with Crippen molar-refractivity contribution in [2.45, 2.75) is 19.9 Å². The molecular formula is C15H15N3O2. The minimum Gasteiger partial charge on any atom is -0.361 e. The van der Waals surface area contributed by atoms with Crippen LogP contribution in [0.15, 0.2) is 40.9 Å². The number of aryl methyl sites for hydroxylation is 1. The van der Waals surface area contributed by atoms with E-state index in [1.165, 1.54) is 0 Å². The SMILES string of the molecule is Cc1cc(CC(=O)NCc2cc3ccccc3[nH]2)on1. The van der Waals surface area contributed by atoms with Gasteiger partial charge in [0.2, 0.25) is 5.91 Å². The number of fused-ring (bicyclic) bond motifs is 1. The van der Waals surface area contributed by atoms with Gasteiger partial charge in [0.25, 0.3) is 0 Å². The highest BCUT2D eigenvalue weighted by molar-refractivity contribution is 5.81. The number of rotatable bonds is 4. The van der Waals surface area contributed by atoms with Crippen molar-refractivity contribution in [3.63, 3.8) is 0 Å². The standard InChI is InChI=1S/C15H15N3O2/c1-10-6-13(20-18-10)8-15(19)16-9-12-7-11-4-2-3-5-14(11)17-12/h2-7,17H,8-9H2,1H3,(H,16,19). The van der Waals surface area contributed by atoms with Crippen LogP contribution in [0.5, 0.6) is 0 Å². The van der Waals surface area contributed by atoms with Gasteiger partial charge in [0.15, 0.2) is 0 Å². The molecule has 0 saturated heterocycles. The molecule has 0 radical (unpaired) electrons. The summed E-state index contributed by atoms with van der Waals surface area (Å²) in [5.41, 5.74) is 2.83. The first-order valence-electron chi connectivity index (χ1n) is 6.46. The molecule has 0 atom stereocenters. The van der Waals surface area contributed by atoms with Gasteiger partial charge >= 0.3 is 0 Å². The van der Waals surface area contributed by atoms with E-state index in [4.69, 9.17) is 4.52 Å². The van der Waals surface area contributed by atoms with Crippen LogP contribution in [0.2, 0.25) is 0 Å². The summed E-state index contributed by atoms with van der Waals surface area (Å²) < 4.78 is 5.02. The van der Waals surface area contributed by atoms with Crippen molar-refractivity contribution in [3.05, 3.63) is 53.5 Å². The molecule has 0 aliphatic heterocycles. The molecule has 3 rings (SSSR count). The number of hydrogen-bond donors (Lipinski definition) is 2. The Balaban J connectivity index is 1.59. The van der Waals surface area contributed by atoms with Crippen LogP contribution in [-0.4, -0.2) is 16.0 Å². The van der Waals surface area contributed by atoms with E-state index in [9.17, 15) is 4.79 Å². The molecule has 1 amide bonds. The molecule has 2 N–H and O–H groups in total. The van der Waals surface area contributed by atoms with Crippen molar-refractivity contribution in [2.24, 2.45) is 0 Å².